The Bertz CT molecular complexity index is 1650. The highest BCUT2D eigenvalue weighted by atomic mass is 16.3. The molecule has 2 nitrogen and oxygen atoms in total. The minimum Gasteiger partial charge on any atom is -0.507 e. The maximum Gasteiger partial charge on any atom is 0.126 e. The number of benzene rings is 6. The number of fused-ring (bicyclic) bond motifs is 2. The molecule has 0 aliphatic heterocycles. The summed E-state index contributed by atoms with van der Waals surface area (Å²) in [6, 6.07) is 36.9. The SMILES string of the molecule is Cc1cccc(-c2ccc3ccccc3c2-c2c(-c3cccc(C)c3O)ccc3ccccc23)c1O. The molecule has 0 spiro atoms. The molecule has 0 atom stereocenters. The zero-order valence-electron chi connectivity index (χ0n) is 20.3. The van der Waals surface area contributed by atoms with E-state index in [1.807, 2.05) is 62.4 Å². The second-order valence-corrected chi connectivity index (χ2v) is 9.36. The molecule has 0 unspecified atom stereocenters. The molecule has 0 bridgehead atoms. The van der Waals surface area contributed by atoms with Crippen LogP contribution in [0.2, 0.25) is 0 Å². The maximum atomic E-state index is 11.1. The summed E-state index contributed by atoms with van der Waals surface area (Å²) >= 11 is 0. The topological polar surface area (TPSA) is 40.5 Å². The Morgan fingerprint density at radius 1 is 0.389 bits per heavy atom. The van der Waals surface area contributed by atoms with Gasteiger partial charge in [0.05, 0.1) is 0 Å². The third kappa shape index (κ3) is 3.42. The Morgan fingerprint density at radius 2 is 0.806 bits per heavy atom. The molecule has 6 aromatic rings. The smallest absolute Gasteiger partial charge is 0.126 e. The first-order valence-corrected chi connectivity index (χ1v) is 12.2. The Morgan fingerprint density at radius 3 is 1.25 bits per heavy atom. The molecule has 0 saturated carbocycles. The Hall–Kier alpha value is -4.56. The monoisotopic (exact) mass is 466 g/mol. The van der Waals surface area contributed by atoms with Crippen LogP contribution in [0.1, 0.15) is 11.1 Å². The van der Waals surface area contributed by atoms with Gasteiger partial charge in [-0.1, -0.05) is 109 Å². The van der Waals surface area contributed by atoms with Crippen molar-refractivity contribution in [1.82, 2.24) is 0 Å². The van der Waals surface area contributed by atoms with Crippen molar-refractivity contribution in [1.29, 1.82) is 0 Å². The van der Waals surface area contributed by atoms with Gasteiger partial charge in [-0.3, -0.25) is 0 Å². The molecule has 36 heavy (non-hydrogen) atoms. The van der Waals surface area contributed by atoms with Gasteiger partial charge in [-0.15, -0.1) is 0 Å². The summed E-state index contributed by atoms with van der Waals surface area (Å²) in [6.45, 7) is 3.85. The largest absolute Gasteiger partial charge is 0.507 e. The van der Waals surface area contributed by atoms with Crippen molar-refractivity contribution in [3.8, 4) is 44.9 Å². The van der Waals surface area contributed by atoms with Gasteiger partial charge in [0.15, 0.2) is 0 Å². The van der Waals surface area contributed by atoms with Gasteiger partial charge in [0.25, 0.3) is 0 Å². The van der Waals surface area contributed by atoms with Crippen LogP contribution in [0.25, 0.3) is 54.9 Å². The van der Waals surface area contributed by atoms with Crippen molar-refractivity contribution >= 4 is 21.5 Å². The summed E-state index contributed by atoms with van der Waals surface area (Å²) in [4.78, 5) is 0. The van der Waals surface area contributed by atoms with Crippen molar-refractivity contribution in [3.63, 3.8) is 0 Å². The summed E-state index contributed by atoms with van der Waals surface area (Å²) < 4.78 is 0. The lowest BCUT2D eigenvalue weighted by Gasteiger charge is -2.21. The van der Waals surface area contributed by atoms with Gasteiger partial charge in [-0.2, -0.15) is 0 Å². The number of phenols is 2. The van der Waals surface area contributed by atoms with E-state index in [4.69, 9.17) is 0 Å². The minimum absolute atomic E-state index is 0.286. The van der Waals surface area contributed by atoms with Gasteiger partial charge in [0, 0.05) is 11.1 Å². The highest BCUT2D eigenvalue weighted by Gasteiger charge is 2.21. The van der Waals surface area contributed by atoms with Crippen LogP contribution in [0, 0.1) is 13.8 Å². The van der Waals surface area contributed by atoms with E-state index in [0.717, 1.165) is 66.1 Å². The molecule has 0 radical (unpaired) electrons. The van der Waals surface area contributed by atoms with Gasteiger partial charge in [-0.25, -0.2) is 0 Å². The first-order chi connectivity index (χ1) is 17.5. The van der Waals surface area contributed by atoms with Gasteiger partial charge in [0.2, 0.25) is 0 Å². The summed E-state index contributed by atoms with van der Waals surface area (Å²) in [5.41, 5.74) is 7.26. The van der Waals surface area contributed by atoms with E-state index in [-0.39, 0.29) is 11.5 Å². The summed E-state index contributed by atoms with van der Waals surface area (Å²) in [6.07, 6.45) is 0. The number of hydrogen-bond acceptors (Lipinski definition) is 2. The fourth-order valence-electron chi connectivity index (χ4n) is 5.28. The van der Waals surface area contributed by atoms with E-state index in [1.54, 1.807) is 0 Å². The molecular weight excluding hydrogens is 440 g/mol. The predicted octanol–water partition coefficient (Wildman–Crippen LogP) is 9.02. The lowest BCUT2D eigenvalue weighted by molar-refractivity contribution is 0.472. The predicted molar refractivity (Wildman–Crippen MR) is 151 cm³/mol. The summed E-state index contributed by atoms with van der Waals surface area (Å²) in [7, 11) is 0. The fraction of sp³-hybridized carbons (Fsp3) is 0.0588. The maximum absolute atomic E-state index is 11.1. The Labute approximate surface area is 210 Å². The molecule has 0 aliphatic rings. The van der Waals surface area contributed by atoms with Gasteiger partial charge >= 0.3 is 0 Å². The summed E-state index contributed by atoms with van der Waals surface area (Å²) in [5, 5.41) is 26.7. The minimum atomic E-state index is 0.286. The third-order valence-corrected chi connectivity index (χ3v) is 7.16. The molecule has 174 valence electrons. The first-order valence-electron chi connectivity index (χ1n) is 12.2. The normalized spacial score (nSPS) is 11.3. The average molecular weight is 467 g/mol. The van der Waals surface area contributed by atoms with Crippen molar-refractivity contribution in [2.75, 3.05) is 0 Å². The van der Waals surface area contributed by atoms with E-state index >= 15 is 0 Å². The van der Waals surface area contributed by atoms with Crippen molar-refractivity contribution in [2.45, 2.75) is 13.8 Å². The van der Waals surface area contributed by atoms with Crippen LogP contribution < -0.4 is 0 Å². The van der Waals surface area contributed by atoms with Crippen molar-refractivity contribution in [3.05, 3.63) is 120 Å². The van der Waals surface area contributed by atoms with Gasteiger partial charge < -0.3 is 10.2 Å². The third-order valence-electron chi connectivity index (χ3n) is 7.16. The standard InChI is InChI=1S/C34H26O2/c1-21-9-7-15-29(33(21)35)27-19-17-23-11-3-5-13-25(23)31(27)32-26-14-6-4-12-24(26)18-20-28(32)30-16-8-10-22(2)34(30)36/h3-20,35-36H,1-2H3. The first kappa shape index (κ1) is 21.9. The zero-order valence-corrected chi connectivity index (χ0v) is 20.3. The quantitative estimate of drug-likeness (QED) is 0.273. The van der Waals surface area contributed by atoms with Crippen molar-refractivity contribution < 1.29 is 10.2 Å². The van der Waals surface area contributed by atoms with E-state index in [1.165, 1.54) is 0 Å². The summed E-state index contributed by atoms with van der Waals surface area (Å²) in [5.74, 6) is 0.573. The van der Waals surface area contributed by atoms with E-state index in [0.29, 0.717) is 0 Å². The molecule has 0 fully saturated rings. The number of aryl methyl sites for hydroxylation is 2. The highest BCUT2D eigenvalue weighted by Crippen LogP contribution is 2.49. The number of para-hydroxylation sites is 2. The Kier molecular flexibility index (Phi) is 5.23. The highest BCUT2D eigenvalue weighted by molar-refractivity contribution is 6.15. The van der Waals surface area contributed by atoms with Crippen LogP contribution in [0.4, 0.5) is 0 Å². The van der Waals surface area contributed by atoms with Gasteiger partial charge in [-0.05, 0) is 68.8 Å². The molecule has 2 heteroatoms. The molecule has 2 N–H and O–H groups in total. The van der Waals surface area contributed by atoms with Crippen molar-refractivity contribution in [2.24, 2.45) is 0 Å². The van der Waals surface area contributed by atoms with Crippen LogP contribution in [-0.2, 0) is 0 Å². The lowest BCUT2D eigenvalue weighted by atomic mass is 9.82. The molecular formula is C34H26O2. The lowest BCUT2D eigenvalue weighted by Crippen LogP contribution is -1.94. The zero-order chi connectivity index (χ0) is 24.8. The molecule has 6 rings (SSSR count). The van der Waals surface area contributed by atoms with E-state index in [2.05, 4.69) is 60.7 Å². The number of aromatic hydroxyl groups is 2. The fourth-order valence-corrected chi connectivity index (χ4v) is 5.28. The van der Waals surface area contributed by atoms with Crippen LogP contribution in [0.3, 0.4) is 0 Å². The number of phenolic OH excluding ortho intramolecular Hbond substituents is 2. The molecule has 6 aromatic carbocycles. The molecule has 0 heterocycles. The second-order valence-electron chi connectivity index (χ2n) is 9.36. The second kappa shape index (κ2) is 8.58. The van der Waals surface area contributed by atoms with Crippen LogP contribution in [0.15, 0.2) is 109 Å². The van der Waals surface area contributed by atoms with Crippen LogP contribution in [-0.4, -0.2) is 10.2 Å². The Balaban J connectivity index is 1.84. The molecule has 0 aromatic heterocycles. The van der Waals surface area contributed by atoms with Gasteiger partial charge in [0.1, 0.15) is 11.5 Å². The van der Waals surface area contributed by atoms with Crippen LogP contribution >= 0.6 is 0 Å². The van der Waals surface area contributed by atoms with E-state index < -0.39 is 0 Å². The number of rotatable bonds is 3. The van der Waals surface area contributed by atoms with E-state index in [9.17, 15) is 10.2 Å². The molecule has 0 saturated heterocycles. The average Bonchev–Trinajstić information content (AvgIpc) is 2.91. The molecule has 0 aliphatic carbocycles. The number of hydrogen-bond donors (Lipinski definition) is 2. The molecule has 0 amide bonds. The van der Waals surface area contributed by atoms with Crippen LogP contribution in [0.5, 0.6) is 11.5 Å².